The highest BCUT2D eigenvalue weighted by molar-refractivity contribution is 7.90. The van der Waals surface area contributed by atoms with E-state index in [1.165, 1.54) is 6.26 Å². The zero-order valence-electron chi connectivity index (χ0n) is 34.0. The van der Waals surface area contributed by atoms with Crippen LogP contribution in [-0.4, -0.2) is 117 Å². The van der Waals surface area contributed by atoms with Gasteiger partial charge < -0.3 is 29.3 Å². The summed E-state index contributed by atoms with van der Waals surface area (Å²) in [7, 11) is -3.36. The van der Waals surface area contributed by atoms with Crippen molar-refractivity contribution in [3.05, 3.63) is 108 Å². The van der Waals surface area contributed by atoms with E-state index < -0.39 is 21.8 Å². The molecule has 5 aromatic rings. The number of benzene rings is 5. The SMILES string of the molecule is CCN(CCOc1ccc(Oc2c(-c3ccc(S(C)(=O)=O)cc3)ccc3cc(O)ccc23)cc1)CC(=O)N1CCN(c2ccc3c(c2)CN(C2CCC(=O)NC2=O)C3=O)CC1. The van der Waals surface area contributed by atoms with Crippen LogP contribution in [0.5, 0.6) is 23.0 Å². The summed E-state index contributed by atoms with van der Waals surface area (Å²) in [4.78, 5) is 58.5. The first-order valence-electron chi connectivity index (χ1n) is 20.3. The zero-order valence-corrected chi connectivity index (χ0v) is 34.8. The Balaban J connectivity index is 0.828. The number of aromatic hydroxyl groups is 1. The molecule has 316 valence electrons. The smallest absolute Gasteiger partial charge is 0.255 e. The maximum absolute atomic E-state index is 13.4. The third-order valence-electron chi connectivity index (χ3n) is 11.6. The lowest BCUT2D eigenvalue weighted by atomic mass is 9.99. The molecule has 0 spiro atoms. The van der Waals surface area contributed by atoms with Gasteiger partial charge in [-0.15, -0.1) is 0 Å². The highest BCUT2D eigenvalue weighted by Gasteiger charge is 2.39. The van der Waals surface area contributed by atoms with Gasteiger partial charge in [-0.1, -0.05) is 25.1 Å². The van der Waals surface area contributed by atoms with Crippen LogP contribution in [0.3, 0.4) is 0 Å². The first kappa shape index (κ1) is 41.3. The van der Waals surface area contributed by atoms with Crippen molar-refractivity contribution in [2.75, 3.05) is 63.6 Å². The average molecular weight is 846 g/mol. The van der Waals surface area contributed by atoms with Crippen LogP contribution in [-0.2, 0) is 30.8 Å². The zero-order chi connectivity index (χ0) is 42.8. The van der Waals surface area contributed by atoms with Gasteiger partial charge in [-0.05, 0) is 108 Å². The molecule has 5 aromatic carbocycles. The van der Waals surface area contributed by atoms with Gasteiger partial charge in [0.25, 0.3) is 5.91 Å². The molecule has 3 aliphatic heterocycles. The maximum atomic E-state index is 13.4. The van der Waals surface area contributed by atoms with Crippen molar-refractivity contribution in [3.8, 4) is 34.1 Å². The van der Waals surface area contributed by atoms with E-state index in [2.05, 4.69) is 15.1 Å². The molecular formula is C46H47N5O9S. The Morgan fingerprint density at radius 2 is 1.59 bits per heavy atom. The number of anilines is 1. The Morgan fingerprint density at radius 1 is 0.869 bits per heavy atom. The fourth-order valence-electron chi connectivity index (χ4n) is 8.13. The number of nitrogens with zero attached hydrogens (tertiary/aromatic N) is 4. The van der Waals surface area contributed by atoms with Gasteiger partial charge in [-0.2, -0.15) is 0 Å². The van der Waals surface area contributed by atoms with Crippen molar-refractivity contribution in [3.63, 3.8) is 0 Å². The Bertz CT molecular complexity index is 2610. The van der Waals surface area contributed by atoms with Gasteiger partial charge in [-0.25, -0.2) is 8.42 Å². The number of ether oxygens (including phenoxy) is 2. The molecule has 3 aliphatic rings. The first-order valence-corrected chi connectivity index (χ1v) is 22.2. The minimum atomic E-state index is -3.36. The number of imide groups is 1. The molecule has 2 N–H and O–H groups in total. The van der Waals surface area contributed by atoms with E-state index in [1.54, 1.807) is 47.4 Å². The summed E-state index contributed by atoms with van der Waals surface area (Å²) in [6.45, 7) is 6.63. The molecule has 8 rings (SSSR count). The summed E-state index contributed by atoms with van der Waals surface area (Å²) in [5.41, 5.74) is 3.93. The van der Waals surface area contributed by atoms with Crippen LogP contribution in [0.25, 0.3) is 21.9 Å². The number of carbonyl (C=O) groups is 4. The summed E-state index contributed by atoms with van der Waals surface area (Å²) in [5, 5.41) is 14.0. The van der Waals surface area contributed by atoms with E-state index in [0.717, 1.165) is 33.2 Å². The van der Waals surface area contributed by atoms with Gasteiger partial charge >= 0.3 is 0 Å². The Morgan fingerprint density at radius 3 is 2.30 bits per heavy atom. The van der Waals surface area contributed by atoms with Crippen molar-refractivity contribution >= 4 is 49.9 Å². The summed E-state index contributed by atoms with van der Waals surface area (Å²) >= 11 is 0. The number of piperidine rings is 1. The van der Waals surface area contributed by atoms with Crippen molar-refractivity contribution in [1.82, 2.24) is 20.0 Å². The Labute approximate surface area is 354 Å². The predicted octanol–water partition coefficient (Wildman–Crippen LogP) is 5.22. The lowest BCUT2D eigenvalue weighted by Gasteiger charge is -2.37. The van der Waals surface area contributed by atoms with Gasteiger partial charge in [0.1, 0.15) is 35.6 Å². The minimum absolute atomic E-state index is 0.0526. The summed E-state index contributed by atoms with van der Waals surface area (Å²) in [6.07, 6.45) is 1.70. The number of sulfone groups is 1. The molecule has 0 aromatic heterocycles. The number of phenolic OH excluding ortho intramolecular Hbond substituents is 1. The Kier molecular flexibility index (Phi) is 11.7. The van der Waals surface area contributed by atoms with Crippen LogP contribution in [0.4, 0.5) is 5.69 Å². The van der Waals surface area contributed by atoms with Crippen LogP contribution in [0.15, 0.2) is 102 Å². The van der Waals surface area contributed by atoms with Gasteiger partial charge in [0.05, 0.1) is 11.4 Å². The van der Waals surface area contributed by atoms with E-state index in [0.29, 0.717) is 81.7 Å². The highest BCUT2D eigenvalue weighted by Crippen LogP contribution is 2.41. The standard InChI is InChI=1S/C46H47N5O9S/c1-3-48(29-43(54)50-22-20-49(21-23-50)33-7-16-40-32(26-33)28-51(46(40)56)41-18-19-42(53)47-45(41)55)24-25-59-35-9-11-36(12-10-35)60-44-38(15-6-31-27-34(52)8-17-39(31)44)30-4-13-37(14-5-30)61(2,57)58/h4-17,26-27,41,52H,3,18-25,28-29H2,1-2H3,(H,47,53,55). The number of carbonyl (C=O) groups excluding carboxylic acids is 4. The van der Waals surface area contributed by atoms with E-state index in [1.807, 2.05) is 66.4 Å². The molecule has 1 atom stereocenters. The predicted molar refractivity (Wildman–Crippen MR) is 230 cm³/mol. The number of likely N-dealkylation sites (N-methyl/N-ethyl adjacent to an activating group) is 1. The molecule has 0 radical (unpaired) electrons. The van der Waals surface area contributed by atoms with E-state index >= 15 is 0 Å². The van der Waals surface area contributed by atoms with Crippen molar-refractivity contribution in [1.29, 1.82) is 0 Å². The van der Waals surface area contributed by atoms with Crippen LogP contribution in [0, 0.1) is 0 Å². The number of hydrogen-bond donors (Lipinski definition) is 2. The number of phenols is 1. The number of piperazine rings is 1. The lowest BCUT2D eigenvalue weighted by Crippen LogP contribution is -2.52. The Hall–Kier alpha value is -6.45. The summed E-state index contributed by atoms with van der Waals surface area (Å²) in [5.74, 6) is 1.01. The number of rotatable bonds is 13. The van der Waals surface area contributed by atoms with Crippen molar-refractivity contribution < 1.29 is 42.2 Å². The van der Waals surface area contributed by atoms with E-state index in [4.69, 9.17) is 9.47 Å². The third-order valence-corrected chi connectivity index (χ3v) is 12.7. The minimum Gasteiger partial charge on any atom is -0.508 e. The third kappa shape index (κ3) is 9.03. The van der Waals surface area contributed by atoms with Crippen molar-refractivity contribution in [2.45, 2.75) is 37.2 Å². The van der Waals surface area contributed by atoms with Crippen LogP contribution in [0.2, 0.25) is 0 Å². The van der Waals surface area contributed by atoms with Gasteiger partial charge in [-0.3, -0.25) is 29.4 Å². The highest BCUT2D eigenvalue weighted by atomic mass is 32.2. The molecule has 2 fully saturated rings. The molecule has 3 heterocycles. The molecule has 4 amide bonds. The summed E-state index contributed by atoms with van der Waals surface area (Å²) in [6, 6.07) is 27.8. The second kappa shape index (κ2) is 17.3. The molecule has 14 nitrogen and oxygen atoms in total. The lowest BCUT2D eigenvalue weighted by molar-refractivity contribution is -0.137. The van der Waals surface area contributed by atoms with E-state index in [9.17, 15) is 32.7 Å². The molecule has 0 saturated carbocycles. The molecule has 0 bridgehead atoms. The second-order valence-corrected chi connectivity index (χ2v) is 17.6. The molecule has 61 heavy (non-hydrogen) atoms. The first-order chi connectivity index (χ1) is 29.3. The summed E-state index contributed by atoms with van der Waals surface area (Å²) < 4.78 is 36.7. The average Bonchev–Trinajstić information content (AvgIpc) is 3.58. The number of amides is 4. The van der Waals surface area contributed by atoms with Crippen LogP contribution >= 0.6 is 0 Å². The number of hydrogen-bond acceptors (Lipinski definition) is 11. The van der Waals surface area contributed by atoms with E-state index in [-0.39, 0.29) is 41.3 Å². The van der Waals surface area contributed by atoms with Gasteiger partial charge in [0.15, 0.2) is 9.84 Å². The fourth-order valence-corrected chi connectivity index (χ4v) is 8.76. The van der Waals surface area contributed by atoms with Gasteiger partial charge in [0, 0.05) is 74.1 Å². The molecule has 2 saturated heterocycles. The molecule has 0 aliphatic carbocycles. The largest absolute Gasteiger partial charge is 0.508 e. The number of nitrogens with one attached hydrogen (secondary N) is 1. The quantitative estimate of drug-likeness (QED) is 0.149. The molecular weight excluding hydrogens is 799 g/mol. The normalized spacial score (nSPS) is 16.9. The second-order valence-electron chi connectivity index (χ2n) is 15.5. The monoisotopic (exact) mass is 845 g/mol. The van der Waals surface area contributed by atoms with Crippen LogP contribution in [0.1, 0.15) is 35.7 Å². The topological polar surface area (TPSA) is 166 Å². The molecule has 15 heteroatoms. The fraction of sp³-hybridized carbons (Fsp3) is 0.304. The number of fused-ring (bicyclic) bond motifs is 2. The van der Waals surface area contributed by atoms with Gasteiger partial charge in [0.2, 0.25) is 17.7 Å². The van der Waals surface area contributed by atoms with Crippen LogP contribution < -0.4 is 19.7 Å². The van der Waals surface area contributed by atoms with Crippen molar-refractivity contribution in [2.24, 2.45) is 0 Å². The molecule has 1 unspecified atom stereocenters. The maximum Gasteiger partial charge on any atom is 0.255 e.